The molecule has 0 saturated heterocycles. The number of para-hydroxylation sites is 1. The lowest BCUT2D eigenvalue weighted by Gasteiger charge is -2.25. The number of fused-ring (bicyclic) bond motifs is 3. The van der Waals surface area contributed by atoms with Crippen LogP contribution < -0.4 is 15.2 Å². The Kier molecular flexibility index (Phi) is 5.44. The largest absolute Gasteiger partial charge is 0.497 e. The predicted molar refractivity (Wildman–Crippen MR) is 133 cm³/mol. The van der Waals surface area contributed by atoms with Gasteiger partial charge in [-0.25, -0.2) is 0 Å². The fraction of sp³-hybridized carbons (Fsp3) is 0.333. The number of hydrogen-bond donors (Lipinski definition) is 0. The third-order valence-electron chi connectivity index (χ3n) is 7.04. The van der Waals surface area contributed by atoms with Gasteiger partial charge in [-0.1, -0.05) is 37.5 Å². The molecule has 0 atom stereocenters. The fourth-order valence-electron chi connectivity index (χ4n) is 5.20. The SMILES string of the molecule is COc1ccc(N(C)C(=O)c2cn(C3CCCCC3)c(=O)c3c2c2ccccc2n3C)cc1. The molecule has 1 fully saturated rings. The highest BCUT2D eigenvalue weighted by atomic mass is 16.5. The first-order chi connectivity index (χ1) is 16.0. The maximum Gasteiger partial charge on any atom is 0.275 e. The minimum absolute atomic E-state index is 0.0146. The number of nitrogens with zero attached hydrogens (tertiary/aromatic N) is 3. The molecule has 0 bridgehead atoms. The number of ether oxygens (including phenoxy) is 1. The van der Waals surface area contributed by atoms with Crippen LogP contribution in [0, 0.1) is 0 Å². The lowest BCUT2D eigenvalue weighted by molar-refractivity contribution is 0.0993. The van der Waals surface area contributed by atoms with Crippen molar-refractivity contribution >= 4 is 33.4 Å². The number of hydrogen-bond acceptors (Lipinski definition) is 3. The molecule has 0 spiro atoms. The predicted octanol–water partition coefficient (Wildman–Crippen LogP) is 5.28. The summed E-state index contributed by atoms with van der Waals surface area (Å²) in [4.78, 5) is 29.2. The summed E-state index contributed by atoms with van der Waals surface area (Å²) in [5.74, 6) is 0.605. The maximum atomic E-state index is 13.9. The Balaban J connectivity index is 1.73. The summed E-state index contributed by atoms with van der Waals surface area (Å²) in [7, 11) is 5.31. The number of amides is 1. The average molecular weight is 444 g/mol. The zero-order chi connectivity index (χ0) is 23.1. The molecule has 6 nitrogen and oxygen atoms in total. The van der Waals surface area contributed by atoms with Gasteiger partial charge in [-0.2, -0.15) is 0 Å². The van der Waals surface area contributed by atoms with Crippen LogP contribution in [0.25, 0.3) is 21.8 Å². The van der Waals surface area contributed by atoms with Gasteiger partial charge in [0, 0.05) is 48.3 Å². The normalized spacial score (nSPS) is 14.6. The molecule has 4 aromatic rings. The second-order valence-electron chi connectivity index (χ2n) is 8.91. The summed E-state index contributed by atoms with van der Waals surface area (Å²) in [6.45, 7) is 0. The first-order valence-electron chi connectivity index (χ1n) is 11.6. The smallest absolute Gasteiger partial charge is 0.275 e. The van der Waals surface area contributed by atoms with E-state index in [0.717, 1.165) is 53.4 Å². The third kappa shape index (κ3) is 3.50. The zero-order valence-electron chi connectivity index (χ0n) is 19.4. The van der Waals surface area contributed by atoms with Gasteiger partial charge in [-0.15, -0.1) is 0 Å². The first-order valence-corrected chi connectivity index (χ1v) is 11.6. The minimum Gasteiger partial charge on any atom is -0.497 e. The van der Waals surface area contributed by atoms with Crippen LogP contribution in [0.15, 0.2) is 59.5 Å². The molecular formula is C27H29N3O3. The van der Waals surface area contributed by atoms with E-state index < -0.39 is 0 Å². The standard InChI is InChI=1S/C27H29N3O3/c1-28(18-13-15-20(33-3)16-14-18)26(31)22-17-30(19-9-5-4-6-10-19)27(32)25-24(22)21-11-7-8-12-23(21)29(25)2/h7-8,11-17,19H,4-6,9-10H2,1-3H3. The number of carbonyl (C=O) groups excluding carboxylic acids is 1. The molecule has 1 saturated carbocycles. The Morgan fingerprint density at radius 3 is 2.42 bits per heavy atom. The third-order valence-corrected chi connectivity index (χ3v) is 7.04. The van der Waals surface area contributed by atoms with Crippen LogP contribution in [0.1, 0.15) is 48.5 Å². The van der Waals surface area contributed by atoms with E-state index >= 15 is 0 Å². The molecule has 1 amide bonds. The van der Waals surface area contributed by atoms with Crippen molar-refractivity contribution in [1.29, 1.82) is 0 Å². The Labute approximate surface area is 193 Å². The van der Waals surface area contributed by atoms with E-state index in [1.807, 2.05) is 70.9 Å². The molecule has 6 heteroatoms. The summed E-state index contributed by atoms with van der Waals surface area (Å²) in [5, 5.41) is 1.66. The van der Waals surface area contributed by atoms with Gasteiger partial charge >= 0.3 is 0 Å². The molecule has 0 aliphatic heterocycles. The Hall–Kier alpha value is -3.54. The van der Waals surface area contributed by atoms with E-state index in [1.54, 1.807) is 19.1 Å². The summed E-state index contributed by atoms with van der Waals surface area (Å²) in [6, 6.07) is 15.5. The van der Waals surface area contributed by atoms with Gasteiger partial charge < -0.3 is 18.8 Å². The number of benzene rings is 2. The van der Waals surface area contributed by atoms with Crippen LogP contribution in [0.2, 0.25) is 0 Å². The van der Waals surface area contributed by atoms with Crippen molar-refractivity contribution in [3.05, 3.63) is 70.6 Å². The van der Waals surface area contributed by atoms with E-state index in [2.05, 4.69) is 0 Å². The van der Waals surface area contributed by atoms with Gasteiger partial charge in [-0.05, 0) is 43.2 Å². The molecule has 0 radical (unpaired) electrons. The van der Waals surface area contributed by atoms with E-state index in [9.17, 15) is 9.59 Å². The van der Waals surface area contributed by atoms with Crippen LogP contribution in [-0.2, 0) is 7.05 Å². The van der Waals surface area contributed by atoms with E-state index in [4.69, 9.17) is 4.74 Å². The highest BCUT2D eigenvalue weighted by Gasteiger charge is 2.26. The monoisotopic (exact) mass is 443 g/mol. The van der Waals surface area contributed by atoms with Gasteiger partial charge in [-0.3, -0.25) is 9.59 Å². The Morgan fingerprint density at radius 1 is 1.03 bits per heavy atom. The van der Waals surface area contributed by atoms with Crippen molar-refractivity contribution in [3.8, 4) is 5.75 Å². The van der Waals surface area contributed by atoms with Crippen LogP contribution in [0.5, 0.6) is 5.75 Å². The summed E-state index contributed by atoms with van der Waals surface area (Å²) < 4.78 is 9.02. The summed E-state index contributed by atoms with van der Waals surface area (Å²) in [6.07, 6.45) is 7.18. The number of pyridine rings is 1. The highest BCUT2D eigenvalue weighted by molar-refractivity contribution is 6.21. The average Bonchev–Trinajstić information content (AvgIpc) is 3.17. The summed E-state index contributed by atoms with van der Waals surface area (Å²) >= 11 is 0. The molecule has 2 aromatic carbocycles. The Morgan fingerprint density at radius 2 is 1.73 bits per heavy atom. The molecule has 2 aromatic heterocycles. The van der Waals surface area contributed by atoms with Crippen molar-refractivity contribution in [1.82, 2.24) is 9.13 Å². The fourth-order valence-corrected chi connectivity index (χ4v) is 5.20. The van der Waals surface area contributed by atoms with Crippen LogP contribution in [0.3, 0.4) is 0 Å². The number of methoxy groups -OCH3 is 1. The molecule has 2 heterocycles. The van der Waals surface area contributed by atoms with Gasteiger partial charge in [0.1, 0.15) is 11.3 Å². The molecule has 0 unspecified atom stereocenters. The van der Waals surface area contributed by atoms with Gasteiger partial charge in [0.2, 0.25) is 0 Å². The van der Waals surface area contributed by atoms with Crippen LogP contribution in [-0.4, -0.2) is 29.2 Å². The molecule has 0 N–H and O–H groups in total. The van der Waals surface area contributed by atoms with Crippen molar-refractivity contribution in [2.45, 2.75) is 38.1 Å². The minimum atomic E-state index is -0.133. The molecule has 170 valence electrons. The molecule has 1 aliphatic carbocycles. The zero-order valence-corrected chi connectivity index (χ0v) is 19.4. The van der Waals surface area contributed by atoms with Crippen molar-refractivity contribution in [3.63, 3.8) is 0 Å². The lowest BCUT2D eigenvalue weighted by atomic mass is 9.95. The first kappa shape index (κ1) is 21.3. The number of rotatable bonds is 4. The second kappa shape index (κ2) is 8.43. The lowest BCUT2D eigenvalue weighted by Crippen LogP contribution is -2.32. The van der Waals surface area contributed by atoms with Crippen molar-refractivity contribution < 1.29 is 9.53 Å². The Bertz CT molecular complexity index is 1390. The van der Waals surface area contributed by atoms with E-state index in [-0.39, 0.29) is 17.5 Å². The number of anilines is 1. The molecular weight excluding hydrogens is 414 g/mol. The highest BCUT2D eigenvalue weighted by Crippen LogP contribution is 2.33. The van der Waals surface area contributed by atoms with E-state index in [1.165, 1.54) is 6.42 Å². The van der Waals surface area contributed by atoms with Gasteiger partial charge in [0.25, 0.3) is 11.5 Å². The quantitative estimate of drug-likeness (QED) is 0.431. The second-order valence-corrected chi connectivity index (χ2v) is 8.91. The van der Waals surface area contributed by atoms with Gasteiger partial charge in [0.05, 0.1) is 12.7 Å². The number of aryl methyl sites for hydroxylation is 1. The molecule has 1 aliphatic rings. The van der Waals surface area contributed by atoms with Gasteiger partial charge in [0.15, 0.2) is 0 Å². The van der Waals surface area contributed by atoms with Crippen LogP contribution in [0.4, 0.5) is 5.69 Å². The summed E-state index contributed by atoms with van der Waals surface area (Å²) in [5.41, 5.74) is 2.86. The number of carbonyl (C=O) groups is 1. The number of aromatic nitrogens is 2. The van der Waals surface area contributed by atoms with Crippen molar-refractivity contribution in [2.24, 2.45) is 7.05 Å². The van der Waals surface area contributed by atoms with Crippen LogP contribution >= 0.6 is 0 Å². The maximum absolute atomic E-state index is 13.9. The topological polar surface area (TPSA) is 56.5 Å². The van der Waals surface area contributed by atoms with Crippen molar-refractivity contribution in [2.75, 3.05) is 19.1 Å². The molecule has 33 heavy (non-hydrogen) atoms. The van der Waals surface area contributed by atoms with E-state index in [0.29, 0.717) is 11.1 Å². The molecule has 5 rings (SSSR count).